The molecule has 0 N–H and O–H groups in total. The third kappa shape index (κ3) is 2.62. The van der Waals surface area contributed by atoms with E-state index in [0.717, 1.165) is 42.3 Å². The maximum atomic E-state index is 5.74. The molecule has 1 unspecified atom stereocenters. The van der Waals surface area contributed by atoms with Gasteiger partial charge >= 0.3 is 0 Å². The van der Waals surface area contributed by atoms with Crippen LogP contribution in [0.3, 0.4) is 0 Å². The Bertz CT molecular complexity index is 591. The summed E-state index contributed by atoms with van der Waals surface area (Å²) in [6, 6.07) is 0. The number of nitrogens with zero attached hydrogens (tertiary/aromatic N) is 3. The van der Waals surface area contributed by atoms with E-state index in [9.17, 15) is 0 Å². The molecule has 1 saturated heterocycles. The van der Waals surface area contributed by atoms with Crippen LogP contribution in [-0.2, 0) is 11.2 Å². The lowest BCUT2D eigenvalue weighted by molar-refractivity contribution is -0.0604. The fraction of sp³-hybridized carbons (Fsp3) is 0.643. The first-order valence-electron chi connectivity index (χ1n) is 6.99. The summed E-state index contributed by atoms with van der Waals surface area (Å²) >= 11 is 1.55. The van der Waals surface area contributed by atoms with E-state index in [1.807, 2.05) is 5.51 Å². The van der Waals surface area contributed by atoms with Gasteiger partial charge in [-0.15, -0.1) is 11.3 Å². The van der Waals surface area contributed by atoms with Crippen molar-refractivity contribution < 1.29 is 9.26 Å². The van der Waals surface area contributed by atoms with Gasteiger partial charge in [-0.25, -0.2) is 4.98 Å². The van der Waals surface area contributed by atoms with Crippen molar-refractivity contribution >= 4 is 11.3 Å². The Balaban J connectivity index is 1.83. The van der Waals surface area contributed by atoms with Gasteiger partial charge in [-0.05, 0) is 33.1 Å². The molecule has 0 aromatic carbocycles. The van der Waals surface area contributed by atoms with Crippen molar-refractivity contribution in [2.75, 3.05) is 6.61 Å². The number of ether oxygens (including phenoxy) is 1. The van der Waals surface area contributed by atoms with Crippen LogP contribution in [0.2, 0.25) is 0 Å². The van der Waals surface area contributed by atoms with Crippen LogP contribution < -0.4 is 0 Å². The molecule has 108 valence electrons. The highest BCUT2D eigenvalue weighted by molar-refractivity contribution is 7.13. The van der Waals surface area contributed by atoms with E-state index >= 15 is 0 Å². The molecule has 0 saturated carbocycles. The highest BCUT2D eigenvalue weighted by atomic mass is 32.1. The van der Waals surface area contributed by atoms with Gasteiger partial charge in [0.05, 0.1) is 16.8 Å². The van der Waals surface area contributed by atoms with Gasteiger partial charge < -0.3 is 9.26 Å². The monoisotopic (exact) mass is 293 g/mol. The molecular weight excluding hydrogens is 274 g/mol. The zero-order chi connectivity index (χ0) is 14.2. The molecule has 0 amide bonds. The molecule has 0 radical (unpaired) electrons. The van der Waals surface area contributed by atoms with Crippen molar-refractivity contribution in [1.82, 2.24) is 15.1 Å². The first-order valence-corrected chi connectivity index (χ1v) is 7.87. The summed E-state index contributed by atoms with van der Waals surface area (Å²) < 4.78 is 11.2. The van der Waals surface area contributed by atoms with Gasteiger partial charge in [-0.1, -0.05) is 12.1 Å². The van der Waals surface area contributed by atoms with Crippen LogP contribution in [0.25, 0.3) is 10.8 Å². The third-order valence-corrected chi connectivity index (χ3v) is 4.53. The molecule has 1 atom stereocenters. The molecule has 1 aliphatic heterocycles. The lowest BCUT2D eigenvalue weighted by Gasteiger charge is -2.34. The van der Waals surface area contributed by atoms with Crippen molar-refractivity contribution in [1.29, 1.82) is 0 Å². The van der Waals surface area contributed by atoms with E-state index < -0.39 is 0 Å². The van der Waals surface area contributed by atoms with Crippen molar-refractivity contribution in [2.45, 2.75) is 51.6 Å². The molecule has 1 fully saturated rings. The lowest BCUT2D eigenvalue weighted by Crippen LogP contribution is -2.33. The van der Waals surface area contributed by atoms with Crippen molar-refractivity contribution in [3.8, 4) is 10.8 Å². The number of rotatable bonds is 3. The van der Waals surface area contributed by atoms with Gasteiger partial charge in [0.15, 0.2) is 5.82 Å². The SMILES string of the molecule is CCc1ncsc1-c1nc(C2CCOC(C)(C)C2)no1. The average molecular weight is 293 g/mol. The summed E-state index contributed by atoms with van der Waals surface area (Å²) in [6.45, 7) is 7.05. The smallest absolute Gasteiger partial charge is 0.269 e. The van der Waals surface area contributed by atoms with Gasteiger partial charge in [0, 0.05) is 12.5 Å². The highest BCUT2D eigenvalue weighted by Gasteiger charge is 2.32. The molecule has 2 aromatic heterocycles. The molecule has 1 aliphatic rings. The van der Waals surface area contributed by atoms with Crippen LogP contribution in [0, 0.1) is 0 Å². The van der Waals surface area contributed by atoms with Crippen LogP contribution >= 0.6 is 11.3 Å². The number of aryl methyl sites for hydroxylation is 1. The molecule has 3 rings (SSSR count). The predicted molar refractivity (Wildman–Crippen MR) is 76.8 cm³/mol. The van der Waals surface area contributed by atoms with Gasteiger partial charge in [-0.2, -0.15) is 4.98 Å². The Morgan fingerprint density at radius 2 is 2.30 bits per heavy atom. The maximum absolute atomic E-state index is 5.74. The molecule has 0 aliphatic carbocycles. The van der Waals surface area contributed by atoms with Crippen molar-refractivity contribution in [3.63, 3.8) is 0 Å². The Labute approximate surface area is 122 Å². The van der Waals surface area contributed by atoms with E-state index in [4.69, 9.17) is 9.26 Å². The van der Waals surface area contributed by atoms with E-state index in [2.05, 4.69) is 35.9 Å². The van der Waals surface area contributed by atoms with Crippen LogP contribution in [0.4, 0.5) is 0 Å². The van der Waals surface area contributed by atoms with Crippen LogP contribution in [0.5, 0.6) is 0 Å². The average Bonchev–Trinajstić information content (AvgIpc) is 3.06. The second-order valence-corrected chi connectivity index (χ2v) is 6.59. The molecule has 20 heavy (non-hydrogen) atoms. The first-order chi connectivity index (χ1) is 9.59. The summed E-state index contributed by atoms with van der Waals surface area (Å²) in [5.74, 6) is 1.71. The zero-order valence-corrected chi connectivity index (χ0v) is 12.9. The van der Waals surface area contributed by atoms with Gasteiger partial charge in [-0.3, -0.25) is 0 Å². The van der Waals surface area contributed by atoms with Crippen LogP contribution in [0.15, 0.2) is 10.0 Å². The quantitative estimate of drug-likeness (QED) is 0.867. The second kappa shape index (κ2) is 5.26. The standard InChI is InChI=1S/C14H19N3O2S/c1-4-10-11(20-8-15-10)13-16-12(17-19-13)9-5-6-18-14(2,3)7-9/h8-9H,4-7H2,1-3H3. The molecule has 0 bridgehead atoms. The van der Waals surface area contributed by atoms with Gasteiger partial charge in [0.2, 0.25) is 0 Å². The van der Waals surface area contributed by atoms with Crippen LogP contribution in [0.1, 0.15) is 51.0 Å². The third-order valence-electron chi connectivity index (χ3n) is 3.67. The van der Waals surface area contributed by atoms with E-state index in [1.54, 1.807) is 11.3 Å². The molecule has 3 heterocycles. The number of aromatic nitrogens is 3. The maximum Gasteiger partial charge on any atom is 0.269 e. The minimum Gasteiger partial charge on any atom is -0.376 e. The summed E-state index contributed by atoms with van der Waals surface area (Å²) in [7, 11) is 0. The first kappa shape index (κ1) is 13.7. The molecule has 6 heteroatoms. The Kier molecular flexibility index (Phi) is 3.60. The normalized spacial score (nSPS) is 22.1. The Morgan fingerprint density at radius 3 is 3.05 bits per heavy atom. The fourth-order valence-electron chi connectivity index (χ4n) is 2.64. The summed E-state index contributed by atoms with van der Waals surface area (Å²) in [6.07, 6.45) is 2.75. The summed E-state index contributed by atoms with van der Waals surface area (Å²) in [5.41, 5.74) is 2.75. The molecule has 5 nitrogen and oxygen atoms in total. The molecule has 0 spiro atoms. The number of hydrogen-bond donors (Lipinski definition) is 0. The summed E-state index contributed by atoms with van der Waals surface area (Å²) in [5, 5.41) is 4.17. The van der Waals surface area contributed by atoms with Crippen LogP contribution in [-0.4, -0.2) is 27.3 Å². The number of hydrogen-bond acceptors (Lipinski definition) is 6. The van der Waals surface area contributed by atoms with Crippen molar-refractivity contribution in [3.05, 3.63) is 17.0 Å². The van der Waals surface area contributed by atoms with Gasteiger partial charge in [0.1, 0.15) is 4.88 Å². The van der Waals surface area contributed by atoms with Gasteiger partial charge in [0.25, 0.3) is 5.89 Å². The Hall–Kier alpha value is -1.27. The van der Waals surface area contributed by atoms with E-state index in [-0.39, 0.29) is 5.60 Å². The largest absolute Gasteiger partial charge is 0.376 e. The molecular formula is C14H19N3O2S. The minimum atomic E-state index is -0.108. The second-order valence-electron chi connectivity index (χ2n) is 5.74. The minimum absolute atomic E-state index is 0.108. The summed E-state index contributed by atoms with van der Waals surface area (Å²) in [4.78, 5) is 9.91. The predicted octanol–water partition coefficient (Wildman–Crippen LogP) is 3.43. The topological polar surface area (TPSA) is 61.0 Å². The lowest BCUT2D eigenvalue weighted by atomic mass is 9.88. The fourth-order valence-corrected chi connectivity index (χ4v) is 3.44. The van der Waals surface area contributed by atoms with Crippen molar-refractivity contribution in [2.24, 2.45) is 0 Å². The number of thiazole rings is 1. The van der Waals surface area contributed by atoms with E-state index in [0.29, 0.717) is 11.8 Å². The Morgan fingerprint density at radius 1 is 1.45 bits per heavy atom. The zero-order valence-electron chi connectivity index (χ0n) is 12.0. The molecule has 2 aromatic rings. The highest BCUT2D eigenvalue weighted by Crippen LogP contribution is 2.35. The van der Waals surface area contributed by atoms with E-state index in [1.165, 1.54) is 0 Å².